The summed E-state index contributed by atoms with van der Waals surface area (Å²) in [5, 5.41) is 2.94. The summed E-state index contributed by atoms with van der Waals surface area (Å²) in [5.74, 6) is 1.97. The van der Waals surface area contributed by atoms with Crippen molar-refractivity contribution < 1.29 is 19.0 Å². The minimum Gasteiger partial charge on any atom is -0.493 e. The predicted octanol–water partition coefficient (Wildman–Crippen LogP) is 4.76. The summed E-state index contributed by atoms with van der Waals surface area (Å²) in [7, 11) is 3.19. The van der Waals surface area contributed by atoms with E-state index >= 15 is 0 Å². The fourth-order valence-electron chi connectivity index (χ4n) is 3.62. The van der Waals surface area contributed by atoms with Gasteiger partial charge in [0.15, 0.2) is 11.5 Å². The van der Waals surface area contributed by atoms with Gasteiger partial charge < -0.3 is 19.5 Å². The monoisotopic (exact) mass is 389 g/mol. The molecule has 0 unspecified atom stereocenters. The van der Waals surface area contributed by atoms with Gasteiger partial charge in [-0.25, -0.2) is 0 Å². The number of carbonyl (C=O) groups is 1. The van der Waals surface area contributed by atoms with Crippen molar-refractivity contribution in [1.29, 1.82) is 0 Å². The number of benzene rings is 3. The largest absolute Gasteiger partial charge is 0.493 e. The van der Waals surface area contributed by atoms with Crippen molar-refractivity contribution in [3.63, 3.8) is 0 Å². The van der Waals surface area contributed by atoms with E-state index in [-0.39, 0.29) is 11.8 Å². The van der Waals surface area contributed by atoms with Crippen LogP contribution in [0.1, 0.15) is 29.0 Å². The number of amides is 1. The summed E-state index contributed by atoms with van der Waals surface area (Å²) in [6.07, 6.45) is 0.382. The second kappa shape index (κ2) is 8.27. The molecule has 0 aliphatic carbocycles. The van der Waals surface area contributed by atoms with Gasteiger partial charge in [0, 0.05) is 24.1 Å². The summed E-state index contributed by atoms with van der Waals surface area (Å²) in [6, 6.07) is 21.7. The molecule has 1 aliphatic rings. The first-order chi connectivity index (χ1) is 14.2. The minimum atomic E-state index is -0.0540. The average Bonchev–Trinajstić information content (AvgIpc) is 2.77. The van der Waals surface area contributed by atoms with E-state index in [4.69, 9.17) is 14.2 Å². The van der Waals surface area contributed by atoms with Crippen LogP contribution in [0.5, 0.6) is 17.2 Å². The Hall–Kier alpha value is -3.47. The van der Waals surface area contributed by atoms with Crippen molar-refractivity contribution in [3.8, 4) is 17.2 Å². The molecule has 0 radical (unpaired) electrons. The van der Waals surface area contributed by atoms with Crippen LogP contribution in [0.3, 0.4) is 0 Å². The van der Waals surface area contributed by atoms with Crippen molar-refractivity contribution >= 4 is 11.6 Å². The van der Waals surface area contributed by atoms with Crippen molar-refractivity contribution in [2.75, 3.05) is 19.5 Å². The first-order valence-corrected chi connectivity index (χ1v) is 9.50. The van der Waals surface area contributed by atoms with Crippen LogP contribution in [0.15, 0.2) is 66.7 Å². The zero-order chi connectivity index (χ0) is 20.2. The normalized spacial score (nSPS) is 15.2. The molecule has 4 rings (SSSR count). The molecule has 0 bridgehead atoms. The number of hydrogen-bond donors (Lipinski definition) is 1. The highest BCUT2D eigenvalue weighted by Crippen LogP contribution is 2.43. The molecule has 0 saturated heterocycles. The van der Waals surface area contributed by atoms with Crippen molar-refractivity contribution in [2.45, 2.75) is 18.9 Å². The lowest BCUT2D eigenvalue weighted by Crippen LogP contribution is -2.23. The van der Waals surface area contributed by atoms with E-state index < -0.39 is 0 Å². The second-order valence-corrected chi connectivity index (χ2v) is 6.94. The highest BCUT2D eigenvalue weighted by molar-refractivity contribution is 5.96. The predicted molar refractivity (Wildman–Crippen MR) is 112 cm³/mol. The van der Waals surface area contributed by atoms with Gasteiger partial charge in [-0.3, -0.25) is 4.79 Å². The maximum absolute atomic E-state index is 12.3. The molecule has 1 atom stereocenters. The molecule has 1 heterocycles. The number of methoxy groups -OCH3 is 2. The number of anilines is 1. The van der Waals surface area contributed by atoms with E-state index in [1.807, 2.05) is 66.7 Å². The van der Waals surface area contributed by atoms with Crippen molar-refractivity contribution in [1.82, 2.24) is 0 Å². The van der Waals surface area contributed by atoms with Gasteiger partial charge in [-0.1, -0.05) is 42.5 Å². The highest BCUT2D eigenvalue weighted by Gasteiger charge is 2.28. The van der Waals surface area contributed by atoms with Gasteiger partial charge in [0.25, 0.3) is 0 Å². The fraction of sp³-hybridized carbons (Fsp3) is 0.208. The lowest BCUT2D eigenvalue weighted by molar-refractivity contribution is -0.116. The highest BCUT2D eigenvalue weighted by atomic mass is 16.5. The molecule has 148 valence electrons. The molecule has 0 aromatic heterocycles. The van der Waals surface area contributed by atoms with Crippen LogP contribution in [-0.4, -0.2) is 20.1 Å². The maximum atomic E-state index is 12.3. The number of rotatable bonds is 6. The molecular formula is C24H23NO4. The van der Waals surface area contributed by atoms with Crippen LogP contribution in [-0.2, 0) is 11.4 Å². The molecule has 3 aromatic rings. The lowest BCUT2D eigenvalue weighted by atomic mass is 9.84. The zero-order valence-electron chi connectivity index (χ0n) is 16.5. The Morgan fingerprint density at radius 3 is 2.31 bits per heavy atom. The third-order valence-corrected chi connectivity index (χ3v) is 5.13. The van der Waals surface area contributed by atoms with E-state index in [0.717, 1.165) is 28.1 Å². The third-order valence-electron chi connectivity index (χ3n) is 5.13. The summed E-state index contributed by atoms with van der Waals surface area (Å²) in [5.41, 5.74) is 3.95. The first-order valence-electron chi connectivity index (χ1n) is 9.50. The van der Waals surface area contributed by atoms with Crippen LogP contribution in [0.4, 0.5) is 5.69 Å². The number of fused-ring (bicyclic) bond motifs is 1. The number of carbonyl (C=O) groups excluding carboxylic acids is 1. The molecule has 1 N–H and O–H groups in total. The topological polar surface area (TPSA) is 56.8 Å². The van der Waals surface area contributed by atoms with E-state index in [0.29, 0.717) is 24.5 Å². The fourth-order valence-corrected chi connectivity index (χ4v) is 3.62. The van der Waals surface area contributed by atoms with Gasteiger partial charge in [0.05, 0.1) is 14.2 Å². The minimum absolute atomic E-state index is 0.0147. The molecule has 5 heteroatoms. The summed E-state index contributed by atoms with van der Waals surface area (Å²) >= 11 is 0. The molecule has 3 aromatic carbocycles. The SMILES string of the molecule is COc1cc2c(cc1OC)[C@@H](c1ccc(OCc3ccccc3)cc1)CC(=O)N2. The van der Waals surface area contributed by atoms with Crippen LogP contribution in [0.2, 0.25) is 0 Å². The molecule has 0 saturated carbocycles. The Morgan fingerprint density at radius 2 is 1.62 bits per heavy atom. The van der Waals surface area contributed by atoms with E-state index in [9.17, 15) is 4.79 Å². The molecule has 0 spiro atoms. The maximum Gasteiger partial charge on any atom is 0.225 e. The van der Waals surface area contributed by atoms with E-state index in [2.05, 4.69) is 5.32 Å². The van der Waals surface area contributed by atoms with Crippen LogP contribution in [0, 0.1) is 0 Å². The first kappa shape index (κ1) is 18.9. The molecular weight excluding hydrogens is 366 g/mol. The lowest BCUT2D eigenvalue weighted by Gasteiger charge is -2.27. The van der Waals surface area contributed by atoms with Crippen LogP contribution < -0.4 is 19.5 Å². The molecule has 1 aliphatic heterocycles. The molecule has 0 fully saturated rings. The third kappa shape index (κ3) is 4.04. The Balaban J connectivity index is 1.58. The zero-order valence-corrected chi connectivity index (χ0v) is 16.5. The Labute approximate surface area is 170 Å². The van der Waals surface area contributed by atoms with Crippen LogP contribution >= 0.6 is 0 Å². The van der Waals surface area contributed by atoms with Gasteiger partial charge in [-0.2, -0.15) is 0 Å². The Morgan fingerprint density at radius 1 is 0.931 bits per heavy atom. The summed E-state index contributed by atoms with van der Waals surface area (Å²) < 4.78 is 16.7. The van der Waals surface area contributed by atoms with Gasteiger partial charge in [0.1, 0.15) is 12.4 Å². The molecule has 29 heavy (non-hydrogen) atoms. The summed E-state index contributed by atoms with van der Waals surface area (Å²) in [6.45, 7) is 0.520. The average molecular weight is 389 g/mol. The number of ether oxygens (including phenoxy) is 3. The number of hydrogen-bond acceptors (Lipinski definition) is 4. The Kier molecular flexibility index (Phi) is 5.38. The Bertz CT molecular complexity index is 999. The van der Waals surface area contributed by atoms with E-state index in [1.165, 1.54) is 0 Å². The van der Waals surface area contributed by atoms with Crippen molar-refractivity contribution in [2.24, 2.45) is 0 Å². The van der Waals surface area contributed by atoms with Crippen molar-refractivity contribution in [3.05, 3.63) is 83.4 Å². The molecule has 5 nitrogen and oxygen atoms in total. The van der Waals surface area contributed by atoms with Gasteiger partial charge in [0.2, 0.25) is 5.91 Å². The van der Waals surface area contributed by atoms with Gasteiger partial charge in [-0.15, -0.1) is 0 Å². The quantitative estimate of drug-likeness (QED) is 0.661. The van der Waals surface area contributed by atoms with Gasteiger partial charge >= 0.3 is 0 Å². The van der Waals surface area contributed by atoms with Gasteiger partial charge in [-0.05, 0) is 34.9 Å². The smallest absolute Gasteiger partial charge is 0.225 e. The molecule has 1 amide bonds. The second-order valence-electron chi connectivity index (χ2n) is 6.94. The standard InChI is InChI=1S/C24H23NO4/c1-27-22-12-20-19(13-24(26)25-21(20)14-23(22)28-2)17-8-10-18(11-9-17)29-15-16-6-4-3-5-7-16/h3-12,14,19H,13,15H2,1-2H3,(H,25,26)/t19-/m1/s1. The number of nitrogens with one attached hydrogen (secondary N) is 1. The summed E-state index contributed by atoms with van der Waals surface area (Å²) in [4.78, 5) is 12.3. The van der Waals surface area contributed by atoms with E-state index in [1.54, 1.807) is 14.2 Å². The van der Waals surface area contributed by atoms with Crippen LogP contribution in [0.25, 0.3) is 0 Å².